The number of pyridine rings is 2. The fourth-order valence-corrected chi connectivity index (χ4v) is 5.76. The fraction of sp³-hybridized carbons (Fsp3) is 0.103. The van der Waals surface area contributed by atoms with Gasteiger partial charge in [0.1, 0.15) is 17.1 Å². The van der Waals surface area contributed by atoms with Gasteiger partial charge in [-0.05, 0) is 52.9 Å². The van der Waals surface area contributed by atoms with Crippen molar-refractivity contribution in [2.24, 2.45) is 0 Å². The molecule has 0 bridgehead atoms. The van der Waals surface area contributed by atoms with E-state index >= 15 is 0 Å². The van der Waals surface area contributed by atoms with Crippen molar-refractivity contribution in [2.45, 2.75) is 26.2 Å². The number of aromatic hydroxyl groups is 1. The molecule has 44 heavy (non-hydrogen) atoms. The minimum absolute atomic E-state index is 0.232. The lowest BCUT2D eigenvalue weighted by atomic mass is 9.85. The van der Waals surface area contributed by atoms with Crippen LogP contribution >= 0.6 is 0 Å². The number of imidazole rings is 1. The van der Waals surface area contributed by atoms with Gasteiger partial charge in [0.25, 0.3) is 0 Å². The van der Waals surface area contributed by atoms with E-state index in [9.17, 15) is 5.11 Å². The van der Waals surface area contributed by atoms with Gasteiger partial charge in [-0.3, -0.25) is 14.5 Å². The molecular weight excluding hydrogens is 540 g/mol. The zero-order valence-corrected chi connectivity index (χ0v) is 24.9. The summed E-state index contributed by atoms with van der Waals surface area (Å²) in [4.78, 5) is 14.8. The average Bonchev–Trinajstić information content (AvgIpc) is 3.45. The normalized spacial score (nSPS) is 11.6. The summed E-state index contributed by atoms with van der Waals surface area (Å²) in [5.41, 5.74) is 9.77. The third-order valence-corrected chi connectivity index (χ3v) is 7.98. The van der Waals surface area contributed by atoms with Crippen LogP contribution in [0, 0.1) is 0 Å². The number of aromatic nitrogens is 4. The van der Waals surface area contributed by atoms with Crippen LogP contribution in [0.1, 0.15) is 26.3 Å². The van der Waals surface area contributed by atoms with E-state index < -0.39 is 0 Å². The first-order valence-corrected chi connectivity index (χ1v) is 14.8. The van der Waals surface area contributed by atoms with Crippen LogP contribution in [-0.2, 0) is 5.41 Å². The summed E-state index contributed by atoms with van der Waals surface area (Å²) in [5, 5.41) is 11.5. The van der Waals surface area contributed by atoms with E-state index in [-0.39, 0.29) is 11.2 Å². The molecule has 7 aromatic rings. The maximum absolute atomic E-state index is 11.5. The topological polar surface area (TPSA) is 63.8 Å². The monoisotopic (exact) mass is 572 g/mol. The highest BCUT2D eigenvalue weighted by molar-refractivity contribution is 5.94. The van der Waals surface area contributed by atoms with Crippen molar-refractivity contribution in [1.82, 2.24) is 19.5 Å². The van der Waals surface area contributed by atoms with Crippen LogP contribution in [0.2, 0.25) is 0 Å². The van der Waals surface area contributed by atoms with Crippen molar-refractivity contribution in [3.63, 3.8) is 0 Å². The summed E-state index contributed by atoms with van der Waals surface area (Å²) in [7, 11) is 0. The van der Waals surface area contributed by atoms with E-state index in [4.69, 9.17) is 15.0 Å². The zero-order chi connectivity index (χ0) is 30.3. The predicted molar refractivity (Wildman–Crippen MR) is 179 cm³/mol. The molecule has 4 aromatic carbocycles. The van der Waals surface area contributed by atoms with Crippen molar-refractivity contribution in [3.8, 4) is 56.5 Å². The second-order valence-corrected chi connectivity index (χ2v) is 12.0. The Hall–Kier alpha value is -5.55. The fourth-order valence-electron chi connectivity index (χ4n) is 5.76. The SMILES string of the molecule is CC(C)(C)c1cccc(-c2nc3c(-c4cccc(-c5ccc(-c6ccccc6)cn5)c4)nccc3n2-c2ccccc2)c1O. The number of rotatable bonds is 5. The Balaban J connectivity index is 1.38. The molecule has 0 saturated heterocycles. The summed E-state index contributed by atoms with van der Waals surface area (Å²) >= 11 is 0. The lowest BCUT2D eigenvalue weighted by Crippen LogP contribution is -2.11. The Labute approximate surface area is 257 Å². The number of fused-ring (bicyclic) bond motifs is 1. The summed E-state index contributed by atoms with van der Waals surface area (Å²) in [6.45, 7) is 6.31. The van der Waals surface area contributed by atoms with E-state index in [1.165, 1.54) is 0 Å². The van der Waals surface area contributed by atoms with Crippen molar-refractivity contribution in [1.29, 1.82) is 0 Å². The molecule has 3 heterocycles. The standard InChI is InChI=1S/C39H32N4O/c1-39(2,3)32-19-11-18-31(37(32)44)38-42-36-34(43(38)30-16-8-5-9-17-30)22-23-40-35(36)28-15-10-14-27(24-28)33-21-20-29(25-41-33)26-12-6-4-7-13-26/h4-25,44H,1-3H3. The third-order valence-electron chi connectivity index (χ3n) is 7.98. The summed E-state index contributed by atoms with van der Waals surface area (Å²) in [5.74, 6) is 0.910. The van der Waals surface area contributed by atoms with Crippen molar-refractivity contribution >= 4 is 11.0 Å². The highest BCUT2D eigenvalue weighted by Crippen LogP contribution is 2.41. The Morgan fingerprint density at radius 2 is 1.34 bits per heavy atom. The molecule has 5 nitrogen and oxygen atoms in total. The van der Waals surface area contributed by atoms with Crippen LogP contribution in [0.5, 0.6) is 5.75 Å². The van der Waals surface area contributed by atoms with Crippen LogP contribution in [0.4, 0.5) is 0 Å². The Morgan fingerprint density at radius 1 is 0.636 bits per heavy atom. The summed E-state index contributed by atoms with van der Waals surface area (Å²) in [6.07, 6.45) is 3.75. The van der Waals surface area contributed by atoms with Crippen molar-refractivity contribution < 1.29 is 5.11 Å². The first-order valence-electron chi connectivity index (χ1n) is 14.8. The first kappa shape index (κ1) is 27.3. The Kier molecular flexibility index (Phi) is 6.78. The third kappa shape index (κ3) is 4.92. The number of hydrogen-bond donors (Lipinski definition) is 1. The van der Waals surface area contributed by atoms with E-state index in [1.54, 1.807) is 0 Å². The van der Waals surface area contributed by atoms with E-state index in [0.29, 0.717) is 11.4 Å². The van der Waals surface area contributed by atoms with Gasteiger partial charge in [-0.25, -0.2) is 4.98 Å². The molecule has 0 radical (unpaired) electrons. The van der Waals surface area contributed by atoms with Gasteiger partial charge >= 0.3 is 0 Å². The molecule has 0 aliphatic rings. The van der Waals surface area contributed by atoms with Gasteiger partial charge in [-0.2, -0.15) is 0 Å². The van der Waals surface area contributed by atoms with Crippen molar-refractivity contribution in [2.75, 3.05) is 0 Å². The number of phenolic OH excluding ortho intramolecular Hbond substituents is 1. The van der Waals surface area contributed by atoms with Gasteiger partial charge in [0.05, 0.1) is 22.5 Å². The van der Waals surface area contributed by atoms with Crippen molar-refractivity contribution in [3.05, 3.63) is 139 Å². The van der Waals surface area contributed by atoms with Crippen LogP contribution in [0.3, 0.4) is 0 Å². The number of hydrogen-bond acceptors (Lipinski definition) is 4. The number of benzene rings is 4. The van der Waals surface area contributed by atoms with Crippen LogP contribution in [0.15, 0.2) is 134 Å². The first-order chi connectivity index (χ1) is 21.4. The number of para-hydroxylation sites is 2. The largest absolute Gasteiger partial charge is 0.507 e. The molecule has 214 valence electrons. The second-order valence-electron chi connectivity index (χ2n) is 12.0. The molecule has 0 spiro atoms. The van der Waals surface area contributed by atoms with Gasteiger partial charge in [-0.1, -0.05) is 106 Å². The smallest absolute Gasteiger partial charge is 0.149 e. The molecule has 5 heteroatoms. The molecule has 1 N–H and O–H groups in total. The van der Waals surface area contributed by atoms with E-state index in [0.717, 1.165) is 55.9 Å². The quantitative estimate of drug-likeness (QED) is 0.223. The lowest BCUT2D eigenvalue weighted by molar-refractivity contribution is 0.448. The molecule has 3 aromatic heterocycles. The Morgan fingerprint density at radius 3 is 2.07 bits per heavy atom. The minimum atomic E-state index is -0.232. The minimum Gasteiger partial charge on any atom is -0.507 e. The molecule has 0 aliphatic carbocycles. The van der Waals surface area contributed by atoms with Gasteiger partial charge < -0.3 is 5.11 Å². The van der Waals surface area contributed by atoms with E-state index in [1.807, 2.05) is 79.1 Å². The van der Waals surface area contributed by atoms with Gasteiger partial charge in [0.2, 0.25) is 0 Å². The zero-order valence-electron chi connectivity index (χ0n) is 24.9. The van der Waals surface area contributed by atoms with E-state index in [2.05, 4.69) is 79.9 Å². The average molecular weight is 573 g/mol. The van der Waals surface area contributed by atoms with Crippen LogP contribution < -0.4 is 0 Å². The lowest BCUT2D eigenvalue weighted by Gasteiger charge is -2.22. The highest BCUT2D eigenvalue weighted by Gasteiger charge is 2.25. The highest BCUT2D eigenvalue weighted by atomic mass is 16.3. The van der Waals surface area contributed by atoms with Crippen LogP contribution in [-0.4, -0.2) is 24.6 Å². The predicted octanol–water partition coefficient (Wildman–Crippen LogP) is 9.49. The summed E-state index contributed by atoms with van der Waals surface area (Å²) < 4.78 is 2.11. The maximum atomic E-state index is 11.5. The maximum Gasteiger partial charge on any atom is 0.149 e. The van der Waals surface area contributed by atoms with Gasteiger partial charge in [0, 0.05) is 34.8 Å². The van der Waals surface area contributed by atoms with Crippen LogP contribution in [0.25, 0.3) is 61.8 Å². The molecular formula is C39H32N4O. The molecule has 0 saturated carbocycles. The van der Waals surface area contributed by atoms with Gasteiger partial charge in [0.15, 0.2) is 0 Å². The molecule has 0 fully saturated rings. The summed E-state index contributed by atoms with van der Waals surface area (Å²) in [6, 6.07) is 40.7. The van der Waals surface area contributed by atoms with Gasteiger partial charge in [-0.15, -0.1) is 0 Å². The number of phenols is 1. The molecule has 0 atom stereocenters. The molecule has 7 rings (SSSR count). The molecule has 0 amide bonds. The number of nitrogens with zero attached hydrogens (tertiary/aromatic N) is 4. The second kappa shape index (κ2) is 10.9. The molecule has 0 aliphatic heterocycles. The molecule has 0 unspecified atom stereocenters. The Bertz CT molecular complexity index is 2090.